The number of likely N-dealkylation sites (N-methyl/N-ethyl adjacent to an activating group) is 1. The van der Waals surface area contributed by atoms with E-state index in [2.05, 4.69) is 10.6 Å². The van der Waals surface area contributed by atoms with E-state index >= 15 is 0 Å². The van der Waals surface area contributed by atoms with E-state index in [9.17, 15) is 19.2 Å². The first-order chi connectivity index (χ1) is 14.2. The Morgan fingerprint density at radius 1 is 1.23 bits per heavy atom. The first-order valence-corrected chi connectivity index (χ1v) is 10.1. The highest BCUT2D eigenvalue weighted by Crippen LogP contribution is 2.21. The number of rotatable bonds is 11. The van der Waals surface area contributed by atoms with Gasteiger partial charge >= 0.3 is 0 Å². The van der Waals surface area contributed by atoms with Crippen molar-refractivity contribution in [2.24, 2.45) is 5.92 Å². The molecule has 1 heterocycles. The van der Waals surface area contributed by atoms with Crippen LogP contribution >= 0.6 is 0 Å². The molecule has 0 aromatic rings. The van der Waals surface area contributed by atoms with Crippen LogP contribution in [0.25, 0.3) is 0 Å². The molecule has 0 unspecified atom stereocenters. The maximum atomic E-state index is 13.0. The molecule has 0 radical (unpaired) electrons. The predicted molar refractivity (Wildman–Crippen MR) is 110 cm³/mol. The number of hydrogen-bond donors (Lipinski definition) is 4. The summed E-state index contributed by atoms with van der Waals surface area (Å²) in [5, 5.41) is 23.2. The maximum Gasteiger partial charge on any atom is 0.249 e. The normalized spacial score (nSPS) is 17.8. The highest BCUT2D eigenvalue weighted by Gasteiger charge is 2.35. The number of aliphatic hydroxyl groups is 2. The van der Waals surface area contributed by atoms with E-state index in [-0.39, 0.29) is 30.3 Å². The summed E-state index contributed by atoms with van der Waals surface area (Å²) in [6.07, 6.45) is 3.34. The molecule has 2 atom stereocenters. The van der Waals surface area contributed by atoms with Crippen LogP contribution in [-0.2, 0) is 19.2 Å². The molecule has 1 rings (SSSR count). The van der Waals surface area contributed by atoms with E-state index in [0.717, 1.165) is 0 Å². The van der Waals surface area contributed by atoms with Crippen LogP contribution in [0.5, 0.6) is 0 Å². The molecule has 1 aliphatic rings. The molecule has 1 saturated heterocycles. The summed E-state index contributed by atoms with van der Waals surface area (Å²) in [7, 11) is 1.61. The van der Waals surface area contributed by atoms with Crippen molar-refractivity contribution >= 4 is 24.1 Å². The Morgan fingerprint density at radius 2 is 1.87 bits per heavy atom. The standard InChI is InChI=1S/C20H34N4O6/c1-13(2)17(23(4)18(28)9-21-12-27)8-14(3)20(30)24-7-5-6-16(24)19(29)22-15(10-25)11-26/h8,12-13,15-17,25-26H,5-7,9-11H2,1-4H3,(H,21,27)(H,22,29)/b14-8+/t16-,17+/m0/s1. The molecule has 0 bridgehead atoms. The number of carbonyl (C=O) groups is 4. The van der Waals surface area contributed by atoms with Gasteiger partial charge in [0, 0.05) is 19.2 Å². The molecule has 1 fully saturated rings. The third-order valence-corrected chi connectivity index (χ3v) is 5.22. The number of nitrogens with zero attached hydrogens (tertiary/aromatic N) is 2. The zero-order valence-corrected chi connectivity index (χ0v) is 18.1. The van der Waals surface area contributed by atoms with Crippen molar-refractivity contribution in [2.45, 2.75) is 51.7 Å². The Balaban J connectivity index is 2.95. The van der Waals surface area contributed by atoms with E-state index in [0.29, 0.717) is 31.4 Å². The fraction of sp³-hybridized carbons (Fsp3) is 0.700. The van der Waals surface area contributed by atoms with Gasteiger partial charge in [0.05, 0.1) is 31.8 Å². The Morgan fingerprint density at radius 3 is 2.40 bits per heavy atom. The average Bonchev–Trinajstić information content (AvgIpc) is 3.22. The highest BCUT2D eigenvalue weighted by atomic mass is 16.3. The summed E-state index contributed by atoms with van der Waals surface area (Å²) in [5.41, 5.74) is 0.414. The van der Waals surface area contributed by atoms with E-state index in [1.54, 1.807) is 20.0 Å². The number of carbonyl (C=O) groups excluding carboxylic acids is 4. The number of amides is 4. The van der Waals surface area contributed by atoms with Gasteiger partial charge in [-0.15, -0.1) is 0 Å². The molecule has 4 amide bonds. The first kappa shape index (κ1) is 25.6. The lowest BCUT2D eigenvalue weighted by atomic mass is 9.99. The number of nitrogens with one attached hydrogen (secondary N) is 2. The summed E-state index contributed by atoms with van der Waals surface area (Å²) in [5.74, 6) is -0.968. The predicted octanol–water partition coefficient (Wildman–Crippen LogP) is -1.38. The van der Waals surface area contributed by atoms with Gasteiger partial charge in [-0.25, -0.2) is 0 Å². The van der Waals surface area contributed by atoms with Crippen molar-refractivity contribution in [3.63, 3.8) is 0 Å². The van der Waals surface area contributed by atoms with Crippen molar-refractivity contribution in [3.05, 3.63) is 11.6 Å². The summed E-state index contributed by atoms with van der Waals surface area (Å²) in [6.45, 7) is 5.01. The van der Waals surface area contributed by atoms with Crippen LogP contribution in [-0.4, -0.2) is 95.6 Å². The fourth-order valence-corrected chi connectivity index (χ4v) is 3.45. The second-order valence-corrected chi connectivity index (χ2v) is 7.81. The number of aliphatic hydroxyl groups excluding tert-OH is 2. The molecule has 0 aromatic heterocycles. The Kier molecular flexibility index (Phi) is 10.5. The lowest BCUT2D eigenvalue weighted by Crippen LogP contribution is -2.51. The van der Waals surface area contributed by atoms with E-state index in [1.165, 1.54) is 9.80 Å². The topological polar surface area (TPSA) is 139 Å². The zero-order valence-electron chi connectivity index (χ0n) is 18.1. The van der Waals surface area contributed by atoms with Gasteiger partial charge < -0.3 is 30.6 Å². The molecule has 170 valence electrons. The van der Waals surface area contributed by atoms with Gasteiger partial charge in [-0.3, -0.25) is 19.2 Å². The molecule has 4 N–H and O–H groups in total. The lowest BCUT2D eigenvalue weighted by Gasteiger charge is -2.30. The Bertz CT molecular complexity index is 647. The minimum Gasteiger partial charge on any atom is -0.394 e. The van der Waals surface area contributed by atoms with Crippen LogP contribution in [0.3, 0.4) is 0 Å². The van der Waals surface area contributed by atoms with Gasteiger partial charge in [-0.05, 0) is 25.7 Å². The fourth-order valence-electron chi connectivity index (χ4n) is 3.45. The molecular weight excluding hydrogens is 392 g/mol. The van der Waals surface area contributed by atoms with Crippen molar-refractivity contribution in [2.75, 3.05) is 33.4 Å². The maximum absolute atomic E-state index is 13.0. The molecule has 0 saturated carbocycles. The Labute approximate surface area is 177 Å². The van der Waals surface area contributed by atoms with Gasteiger partial charge in [0.15, 0.2) is 0 Å². The minimum atomic E-state index is -0.767. The highest BCUT2D eigenvalue weighted by molar-refractivity contribution is 5.97. The van der Waals surface area contributed by atoms with Crippen molar-refractivity contribution in [3.8, 4) is 0 Å². The molecule has 10 heteroatoms. The summed E-state index contributed by atoms with van der Waals surface area (Å²) < 4.78 is 0. The molecule has 30 heavy (non-hydrogen) atoms. The first-order valence-electron chi connectivity index (χ1n) is 10.1. The molecule has 0 aliphatic carbocycles. The zero-order chi connectivity index (χ0) is 22.8. The van der Waals surface area contributed by atoms with Crippen molar-refractivity contribution in [1.82, 2.24) is 20.4 Å². The molecule has 0 spiro atoms. The van der Waals surface area contributed by atoms with Crippen LogP contribution in [0.2, 0.25) is 0 Å². The van der Waals surface area contributed by atoms with Gasteiger partial charge in [-0.1, -0.05) is 19.9 Å². The second-order valence-electron chi connectivity index (χ2n) is 7.81. The summed E-state index contributed by atoms with van der Waals surface area (Å²) >= 11 is 0. The SMILES string of the molecule is C/C(=C\[C@H](C(C)C)N(C)C(=O)CNC=O)C(=O)N1CCC[C@H]1C(=O)NC(CO)CO. The van der Waals surface area contributed by atoms with E-state index < -0.39 is 31.2 Å². The largest absolute Gasteiger partial charge is 0.394 e. The van der Waals surface area contributed by atoms with E-state index in [1.807, 2.05) is 13.8 Å². The number of hydrogen-bond acceptors (Lipinski definition) is 6. The van der Waals surface area contributed by atoms with Gasteiger partial charge in [0.1, 0.15) is 6.04 Å². The summed E-state index contributed by atoms with van der Waals surface area (Å²) in [4.78, 5) is 51.2. The monoisotopic (exact) mass is 426 g/mol. The average molecular weight is 427 g/mol. The van der Waals surface area contributed by atoms with Crippen LogP contribution in [0.15, 0.2) is 11.6 Å². The Hall–Kier alpha value is -2.46. The third kappa shape index (κ3) is 6.81. The van der Waals surface area contributed by atoms with Crippen molar-refractivity contribution < 1.29 is 29.4 Å². The van der Waals surface area contributed by atoms with Crippen LogP contribution < -0.4 is 10.6 Å². The third-order valence-electron chi connectivity index (χ3n) is 5.22. The van der Waals surface area contributed by atoms with Crippen LogP contribution in [0.4, 0.5) is 0 Å². The van der Waals surface area contributed by atoms with Gasteiger partial charge in [0.2, 0.25) is 24.1 Å². The molecule has 0 aromatic carbocycles. The molecular formula is C20H34N4O6. The van der Waals surface area contributed by atoms with Gasteiger partial charge in [0.25, 0.3) is 0 Å². The van der Waals surface area contributed by atoms with Crippen molar-refractivity contribution in [1.29, 1.82) is 0 Å². The van der Waals surface area contributed by atoms with E-state index in [4.69, 9.17) is 10.2 Å². The quantitative estimate of drug-likeness (QED) is 0.237. The van der Waals surface area contributed by atoms with Crippen LogP contribution in [0, 0.1) is 5.92 Å². The summed E-state index contributed by atoms with van der Waals surface area (Å²) in [6, 6.07) is -1.80. The molecule has 1 aliphatic heterocycles. The van der Waals surface area contributed by atoms with Crippen LogP contribution in [0.1, 0.15) is 33.6 Å². The lowest BCUT2D eigenvalue weighted by molar-refractivity contribution is -0.136. The van der Waals surface area contributed by atoms with Gasteiger partial charge in [-0.2, -0.15) is 0 Å². The second kappa shape index (κ2) is 12.3. The minimum absolute atomic E-state index is 0.0190. The number of likely N-dealkylation sites (tertiary alicyclic amines) is 1. The molecule has 10 nitrogen and oxygen atoms in total. The smallest absolute Gasteiger partial charge is 0.249 e.